The van der Waals surface area contributed by atoms with E-state index in [1.807, 2.05) is 30.3 Å². The number of para-hydroxylation sites is 3. The van der Waals surface area contributed by atoms with Crippen molar-refractivity contribution in [3.63, 3.8) is 0 Å². The van der Waals surface area contributed by atoms with Crippen molar-refractivity contribution < 1.29 is 4.79 Å². The van der Waals surface area contributed by atoms with Gasteiger partial charge in [-0.25, -0.2) is 9.78 Å². The van der Waals surface area contributed by atoms with E-state index in [2.05, 4.69) is 25.4 Å². The predicted octanol–water partition coefficient (Wildman–Crippen LogP) is 1.41. The Kier molecular flexibility index (Phi) is 4.06. The van der Waals surface area contributed by atoms with E-state index in [9.17, 15) is 9.59 Å². The van der Waals surface area contributed by atoms with Crippen LogP contribution >= 0.6 is 0 Å². The quantitative estimate of drug-likeness (QED) is 0.507. The monoisotopic (exact) mass is 348 g/mol. The molecule has 0 aliphatic rings. The number of carbonyl (C=O) groups is 1. The fourth-order valence-corrected chi connectivity index (χ4v) is 2.67. The van der Waals surface area contributed by atoms with Gasteiger partial charge in [-0.15, -0.1) is 5.10 Å². The van der Waals surface area contributed by atoms with Crippen LogP contribution in [0.3, 0.4) is 0 Å². The van der Waals surface area contributed by atoms with Crippen LogP contribution in [-0.2, 0) is 6.42 Å². The largest absolute Gasteiger partial charge is 0.349 e. The van der Waals surface area contributed by atoms with Gasteiger partial charge < -0.3 is 10.3 Å². The van der Waals surface area contributed by atoms with Crippen LogP contribution in [0.4, 0.5) is 0 Å². The predicted molar refractivity (Wildman–Crippen MR) is 96.3 cm³/mol. The molecule has 3 N–H and O–H groups in total. The third-order valence-corrected chi connectivity index (χ3v) is 3.92. The molecule has 0 spiro atoms. The summed E-state index contributed by atoms with van der Waals surface area (Å²) in [6, 6.07) is 16.6. The number of H-pyrrole nitrogens is 2. The number of imidazole rings is 1. The third-order valence-electron chi connectivity index (χ3n) is 3.92. The highest BCUT2D eigenvalue weighted by atomic mass is 16.2. The van der Waals surface area contributed by atoms with Crippen LogP contribution in [-0.4, -0.2) is 37.2 Å². The van der Waals surface area contributed by atoms with Crippen molar-refractivity contribution in [3.8, 4) is 5.69 Å². The van der Waals surface area contributed by atoms with Crippen LogP contribution in [0.25, 0.3) is 16.7 Å². The summed E-state index contributed by atoms with van der Waals surface area (Å²) in [4.78, 5) is 34.3. The maximum atomic E-state index is 12.2. The van der Waals surface area contributed by atoms with Crippen molar-refractivity contribution in [2.45, 2.75) is 6.42 Å². The molecule has 0 atom stereocenters. The van der Waals surface area contributed by atoms with Gasteiger partial charge >= 0.3 is 5.69 Å². The lowest BCUT2D eigenvalue weighted by Gasteiger charge is -2.01. The van der Waals surface area contributed by atoms with E-state index in [1.54, 1.807) is 24.3 Å². The van der Waals surface area contributed by atoms with Crippen molar-refractivity contribution in [1.29, 1.82) is 0 Å². The minimum atomic E-state index is -0.460. The standard InChI is InChI=1S/C18H16N6O2/c25-17(16-22-18(26)24(23-16)12-6-2-1-3-7-12)19-11-10-15-20-13-8-4-5-9-14(13)21-15/h1-9H,10-11H2,(H,19,25)(H,20,21)(H,22,23,26). The molecule has 0 aliphatic heterocycles. The number of amides is 1. The van der Waals surface area contributed by atoms with Crippen molar-refractivity contribution >= 4 is 16.9 Å². The maximum absolute atomic E-state index is 12.2. The topological polar surface area (TPSA) is 108 Å². The van der Waals surface area contributed by atoms with E-state index in [0.717, 1.165) is 21.5 Å². The minimum absolute atomic E-state index is 0.0246. The zero-order chi connectivity index (χ0) is 17.9. The molecule has 4 aromatic rings. The van der Waals surface area contributed by atoms with Gasteiger partial charge in [0.25, 0.3) is 5.91 Å². The molecule has 0 radical (unpaired) electrons. The fraction of sp³-hybridized carbons (Fsp3) is 0.111. The number of nitrogens with one attached hydrogen (secondary N) is 3. The van der Waals surface area contributed by atoms with Gasteiger partial charge in [-0.3, -0.25) is 9.78 Å². The molecule has 4 rings (SSSR count). The average molecular weight is 348 g/mol. The zero-order valence-corrected chi connectivity index (χ0v) is 13.8. The fourth-order valence-electron chi connectivity index (χ4n) is 2.67. The summed E-state index contributed by atoms with van der Waals surface area (Å²) in [5.74, 6) is 0.325. The van der Waals surface area contributed by atoms with Crippen molar-refractivity contribution in [2.75, 3.05) is 6.54 Å². The lowest BCUT2D eigenvalue weighted by Crippen LogP contribution is -2.27. The van der Waals surface area contributed by atoms with Crippen LogP contribution in [0.1, 0.15) is 16.4 Å². The SMILES string of the molecule is O=C(NCCc1nc2ccccc2[nH]1)c1nn(-c2ccccc2)c(=O)[nH]1. The van der Waals surface area contributed by atoms with Gasteiger partial charge in [0.15, 0.2) is 0 Å². The molecule has 2 aromatic heterocycles. The van der Waals surface area contributed by atoms with Gasteiger partial charge in [0.2, 0.25) is 5.82 Å². The van der Waals surface area contributed by atoms with E-state index in [1.165, 1.54) is 0 Å². The van der Waals surface area contributed by atoms with E-state index >= 15 is 0 Å². The summed E-state index contributed by atoms with van der Waals surface area (Å²) >= 11 is 0. The number of benzene rings is 2. The molecule has 0 aliphatic carbocycles. The second-order valence-electron chi connectivity index (χ2n) is 5.73. The van der Waals surface area contributed by atoms with Crippen molar-refractivity contribution in [1.82, 2.24) is 30.0 Å². The Morgan fingerprint density at radius 3 is 2.62 bits per heavy atom. The van der Waals surface area contributed by atoms with Crippen molar-refractivity contribution in [3.05, 3.63) is 76.7 Å². The molecule has 8 heteroatoms. The van der Waals surface area contributed by atoms with E-state index in [0.29, 0.717) is 18.7 Å². The van der Waals surface area contributed by atoms with Crippen LogP contribution in [0.5, 0.6) is 0 Å². The number of aromatic amines is 2. The highest BCUT2D eigenvalue weighted by Crippen LogP contribution is 2.10. The van der Waals surface area contributed by atoms with E-state index in [-0.39, 0.29) is 5.82 Å². The number of rotatable bonds is 5. The van der Waals surface area contributed by atoms with Crippen LogP contribution in [0, 0.1) is 0 Å². The Balaban J connectivity index is 1.41. The highest BCUT2D eigenvalue weighted by Gasteiger charge is 2.14. The minimum Gasteiger partial charge on any atom is -0.349 e. The Labute approximate surface area is 147 Å². The molecule has 0 saturated carbocycles. The van der Waals surface area contributed by atoms with Gasteiger partial charge in [-0.05, 0) is 24.3 Å². The van der Waals surface area contributed by atoms with E-state index in [4.69, 9.17) is 0 Å². The summed E-state index contributed by atoms with van der Waals surface area (Å²) in [7, 11) is 0. The molecule has 2 heterocycles. The van der Waals surface area contributed by atoms with Crippen molar-refractivity contribution in [2.24, 2.45) is 0 Å². The number of carbonyl (C=O) groups excluding carboxylic acids is 1. The molecule has 0 bridgehead atoms. The molecular formula is C18H16N6O2. The van der Waals surface area contributed by atoms with E-state index < -0.39 is 11.6 Å². The third kappa shape index (κ3) is 3.12. The first-order valence-electron chi connectivity index (χ1n) is 8.17. The highest BCUT2D eigenvalue weighted by molar-refractivity contribution is 5.90. The summed E-state index contributed by atoms with van der Waals surface area (Å²) in [6.07, 6.45) is 0.546. The number of fused-ring (bicyclic) bond motifs is 1. The zero-order valence-electron chi connectivity index (χ0n) is 13.8. The molecule has 26 heavy (non-hydrogen) atoms. The van der Waals surface area contributed by atoms with Crippen LogP contribution in [0.2, 0.25) is 0 Å². The smallest absolute Gasteiger partial charge is 0.348 e. The first-order chi connectivity index (χ1) is 12.7. The van der Waals surface area contributed by atoms with Gasteiger partial charge in [-0.2, -0.15) is 4.68 Å². The molecule has 0 fully saturated rings. The maximum Gasteiger partial charge on any atom is 0.348 e. The summed E-state index contributed by atoms with van der Waals surface area (Å²) < 4.78 is 1.16. The Hall–Kier alpha value is -3.68. The molecule has 130 valence electrons. The Bertz CT molecular complexity index is 1080. The summed E-state index contributed by atoms with van der Waals surface area (Å²) in [5.41, 5.74) is 1.98. The molecular weight excluding hydrogens is 332 g/mol. The molecule has 0 unspecified atom stereocenters. The van der Waals surface area contributed by atoms with Gasteiger partial charge in [0.1, 0.15) is 5.82 Å². The Morgan fingerprint density at radius 1 is 1.04 bits per heavy atom. The second kappa shape index (κ2) is 6.67. The summed E-state index contributed by atoms with van der Waals surface area (Å²) in [6.45, 7) is 0.374. The van der Waals surface area contributed by atoms with Gasteiger partial charge in [0.05, 0.1) is 16.7 Å². The first kappa shape index (κ1) is 15.8. The number of aromatic nitrogens is 5. The summed E-state index contributed by atoms with van der Waals surface area (Å²) in [5, 5.41) is 6.79. The molecule has 0 saturated heterocycles. The molecule has 8 nitrogen and oxygen atoms in total. The van der Waals surface area contributed by atoms with Gasteiger partial charge in [0, 0.05) is 13.0 Å². The second-order valence-corrected chi connectivity index (χ2v) is 5.73. The first-order valence-corrected chi connectivity index (χ1v) is 8.17. The number of nitrogens with zero attached hydrogens (tertiary/aromatic N) is 3. The normalized spacial score (nSPS) is 10.9. The van der Waals surface area contributed by atoms with Crippen LogP contribution in [0.15, 0.2) is 59.4 Å². The average Bonchev–Trinajstić information content (AvgIpc) is 3.25. The number of hydrogen-bond acceptors (Lipinski definition) is 4. The Morgan fingerprint density at radius 2 is 1.81 bits per heavy atom. The van der Waals surface area contributed by atoms with Gasteiger partial charge in [-0.1, -0.05) is 30.3 Å². The lowest BCUT2D eigenvalue weighted by molar-refractivity contribution is 0.0943. The molecule has 1 amide bonds. The molecule has 2 aromatic carbocycles. The van der Waals surface area contributed by atoms with Crippen LogP contribution < -0.4 is 11.0 Å². The number of hydrogen-bond donors (Lipinski definition) is 3. The lowest BCUT2D eigenvalue weighted by atomic mass is 10.3.